The Labute approximate surface area is 117 Å². The highest BCUT2D eigenvalue weighted by Gasteiger charge is 2.28. The van der Waals surface area contributed by atoms with E-state index in [0.29, 0.717) is 0 Å². The first-order valence-corrected chi connectivity index (χ1v) is 6.22. The van der Waals surface area contributed by atoms with Crippen molar-refractivity contribution in [3.8, 4) is 0 Å². The smallest absolute Gasteiger partial charge is 0.408 e. The van der Waals surface area contributed by atoms with Gasteiger partial charge in [0.05, 0.1) is 6.61 Å². The van der Waals surface area contributed by atoms with Crippen LogP contribution in [0.2, 0.25) is 0 Å². The molecule has 1 rings (SSSR count). The van der Waals surface area contributed by atoms with E-state index in [0.717, 1.165) is 10.5 Å². The summed E-state index contributed by atoms with van der Waals surface area (Å²) in [5.74, 6) is -0.559. The second-order valence-electron chi connectivity index (χ2n) is 4.17. The van der Waals surface area contributed by atoms with E-state index in [2.05, 4.69) is 5.32 Å². The van der Waals surface area contributed by atoms with Crippen molar-refractivity contribution in [1.82, 2.24) is 10.2 Å². The molecular formula is C13H19N3O4. The van der Waals surface area contributed by atoms with Gasteiger partial charge in [-0.05, 0) is 5.56 Å². The predicted octanol–water partition coefficient (Wildman–Crippen LogP) is -0.398. The minimum atomic E-state index is -1.27. The first kappa shape index (κ1) is 15.9. The minimum absolute atomic E-state index is 0.0252. The molecule has 0 aromatic heterocycles. The van der Waals surface area contributed by atoms with Crippen LogP contribution >= 0.6 is 0 Å². The van der Waals surface area contributed by atoms with E-state index >= 15 is 0 Å². The second kappa shape index (κ2) is 8.13. The van der Waals surface area contributed by atoms with Gasteiger partial charge in [0.2, 0.25) is 5.91 Å². The van der Waals surface area contributed by atoms with Gasteiger partial charge in [0.25, 0.3) is 0 Å². The number of carbonyl (C=O) groups is 2. The molecule has 1 atom stereocenters. The third-order valence-corrected chi connectivity index (χ3v) is 2.74. The monoisotopic (exact) mass is 281 g/mol. The van der Waals surface area contributed by atoms with Crippen LogP contribution in [-0.2, 0) is 11.3 Å². The Morgan fingerprint density at radius 1 is 1.30 bits per heavy atom. The number of benzene rings is 1. The third-order valence-electron chi connectivity index (χ3n) is 2.74. The molecule has 0 saturated carbocycles. The number of hydrogen-bond donors (Lipinski definition) is 4. The molecule has 0 aliphatic heterocycles. The molecule has 5 N–H and O–H groups in total. The molecule has 0 heterocycles. The van der Waals surface area contributed by atoms with Gasteiger partial charge in [0.1, 0.15) is 6.04 Å². The fourth-order valence-corrected chi connectivity index (χ4v) is 1.73. The van der Waals surface area contributed by atoms with Crippen molar-refractivity contribution in [1.29, 1.82) is 0 Å². The zero-order valence-corrected chi connectivity index (χ0v) is 11.0. The number of nitrogens with one attached hydrogen (secondary N) is 1. The van der Waals surface area contributed by atoms with E-state index in [1.165, 1.54) is 0 Å². The average molecular weight is 281 g/mol. The minimum Gasteiger partial charge on any atom is -0.465 e. The molecule has 0 unspecified atom stereocenters. The lowest BCUT2D eigenvalue weighted by atomic mass is 10.1. The summed E-state index contributed by atoms with van der Waals surface area (Å²) >= 11 is 0. The van der Waals surface area contributed by atoms with Crippen LogP contribution in [0.5, 0.6) is 0 Å². The highest BCUT2D eigenvalue weighted by atomic mass is 16.4. The van der Waals surface area contributed by atoms with E-state index in [4.69, 9.17) is 5.73 Å². The summed E-state index contributed by atoms with van der Waals surface area (Å²) in [4.78, 5) is 24.0. The van der Waals surface area contributed by atoms with E-state index < -0.39 is 24.6 Å². The number of aliphatic hydroxyl groups is 1. The molecule has 0 aliphatic rings. The maximum atomic E-state index is 11.8. The van der Waals surface area contributed by atoms with Crippen molar-refractivity contribution in [2.75, 3.05) is 19.7 Å². The summed E-state index contributed by atoms with van der Waals surface area (Å²) in [5.41, 5.74) is 6.01. The fraction of sp³-hybridized carbons (Fsp3) is 0.385. The number of amides is 2. The second-order valence-corrected chi connectivity index (χ2v) is 4.17. The lowest BCUT2D eigenvalue weighted by molar-refractivity contribution is -0.127. The topological polar surface area (TPSA) is 116 Å². The largest absolute Gasteiger partial charge is 0.465 e. The molecule has 7 heteroatoms. The normalized spacial score (nSPS) is 11.7. The molecule has 0 radical (unpaired) electrons. The van der Waals surface area contributed by atoms with Crippen molar-refractivity contribution in [3.05, 3.63) is 35.9 Å². The summed E-state index contributed by atoms with van der Waals surface area (Å²) in [6.07, 6.45) is -1.27. The highest BCUT2D eigenvalue weighted by molar-refractivity contribution is 5.85. The summed E-state index contributed by atoms with van der Waals surface area (Å²) in [5, 5.41) is 21.0. The van der Waals surface area contributed by atoms with Gasteiger partial charge in [0, 0.05) is 19.6 Å². The Morgan fingerprint density at radius 2 is 1.95 bits per heavy atom. The van der Waals surface area contributed by atoms with Crippen LogP contribution in [0.4, 0.5) is 4.79 Å². The molecule has 0 bridgehead atoms. The highest BCUT2D eigenvalue weighted by Crippen LogP contribution is 2.09. The van der Waals surface area contributed by atoms with Crippen LogP contribution in [0, 0.1) is 0 Å². The summed E-state index contributed by atoms with van der Waals surface area (Å²) < 4.78 is 0. The average Bonchev–Trinajstić information content (AvgIpc) is 2.45. The van der Waals surface area contributed by atoms with E-state index in [1.54, 1.807) is 24.3 Å². The molecular weight excluding hydrogens is 262 g/mol. The quantitative estimate of drug-likeness (QED) is 0.543. The molecule has 0 fully saturated rings. The SMILES string of the molecule is NCCNC(=O)[C@H](CO)N(Cc1ccccc1)C(=O)O. The van der Waals surface area contributed by atoms with Crippen LogP contribution < -0.4 is 11.1 Å². The molecule has 1 aromatic rings. The van der Waals surface area contributed by atoms with E-state index in [-0.39, 0.29) is 19.6 Å². The summed E-state index contributed by atoms with van der Waals surface area (Å²) in [7, 11) is 0. The zero-order valence-electron chi connectivity index (χ0n) is 11.0. The van der Waals surface area contributed by atoms with Crippen LogP contribution in [0.3, 0.4) is 0 Å². The lowest BCUT2D eigenvalue weighted by Gasteiger charge is -2.27. The Morgan fingerprint density at radius 3 is 2.45 bits per heavy atom. The number of nitrogens with zero attached hydrogens (tertiary/aromatic N) is 1. The van der Waals surface area contributed by atoms with E-state index in [1.807, 2.05) is 6.07 Å². The summed E-state index contributed by atoms with van der Waals surface area (Å²) in [6.45, 7) is -0.0865. The lowest BCUT2D eigenvalue weighted by Crippen LogP contribution is -2.51. The number of nitrogens with two attached hydrogens (primary N) is 1. The van der Waals surface area contributed by atoms with Gasteiger partial charge in [-0.25, -0.2) is 4.79 Å². The van der Waals surface area contributed by atoms with Gasteiger partial charge in [-0.3, -0.25) is 9.69 Å². The molecule has 0 spiro atoms. The predicted molar refractivity (Wildman–Crippen MR) is 72.9 cm³/mol. The van der Waals surface area contributed by atoms with Crippen LogP contribution in [0.1, 0.15) is 5.56 Å². The van der Waals surface area contributed by atoms with Crippen LogP contribution in [0.25, 0.3) is 0 Å². The number of aliphatic hydroxyl groups excluding tert-OH is 1. The molecule has 2 amide bonds. The van der Waals surface area contributed by atoms with Gasteiger partial charge in [-0.15, -0.1) is 0 Å². The number of carboxylic acid groups (broad SMARTS) is 1. The third kappa shape index (κ3) is 4.52. The molecule has 0 aliphatic carbocycles. The zero-order chi connectivity index (χ0) is 15.0. The Hall–Kier alpha value is -2.12. The first-order chi connectivity index (χ1) is 9.60. The van der Waals surface area contributed by atoms with Gasteiger partial charge < -0.3 is 21.3 Å². The van der Waals surface area contributed by atoms with E-state index in [9.17, 15) is 19.8 Å². The van der Waals surface area contributed by atoms with Crippen molar-refractivity contribution in [2.45, 2.75) is 12.6 Å². The number of rotatable bonds is 7. The molecule has 7 nitrogen and oxygen atoms in total. The van der Waals surface area contributed by atoms with Gasteiger partial charge in [0.15, 0.2) is 0 Å². The van der Waals surface area contributed by atoms with Crippen molar-refractivity contribution in [3.63, 3.8) is 0 Å². The maximum absolute atomic E-state index is 11.8. The van der Waals surface area contributed by atoms with Crippen LogP contribution in [-0.4, -0.2) is 52.9 Å². The molecule has 1 aromatic carbocycles. The van der Waals surface area contributed by atoms with Crippen molar-refractivity contribution < 1.29 is 19.8 Å². The fourth-order valence-electron chi connectivity index (χ4n) is 1.73. The van der Waals surface area contributed by atoms with Crippen molar-refractivity contribution >= 4 is 12.0 Å². The number of hydrogen-bond acceptors (Lipinski definition) is 4. The van der Waals surface area contributed by atoms with Gasteiger partial charge >= 0.3 is 6.09 Å². The Bertz CT molecular complexity index is 439. The van der Waals surface area contributed by atoms with Gasteiger partial charge in [-0.1, -0.05) is 30.3 Å². The Kier molecular flexibility index (Phi) is 6.48. The standard InChI is InChI=1S/C13H19N3O4/c14-6-7-15-12(18)11(9-17)16(13(19)20)8-10-4-2-1-3-5-10/h1-5,11,17H,6-9,14H2,(H,15,18)(H,19,20)/t11-/m0/s1. The maximum Gasteiger partial charge on any atom is 0.408 e. The molecule has 20 heavy (non-hydrogen) atoms. The molecule has 0 saturated heterocycles. The first-order valence-electron chi connectivity index (χ1n) is 6.22. The Balaban J connectivity index is 2.82. The summed E-state index contributed by atoms with van der Waals surface area (Å²) in [6, 6.07) is 7.71. The van der Waals surface area contributed by atoms with Crippen molar-refractivity contribution in [2.24, 2.45) is 5.73 Å². The molecule has 110 valence electrons. The number of carbonyl (C=O) groups excluding carboxylic acids is 1. The van der Waals surface area contributed by atoms with Crippen LogP contribution in [0.15, 0.2) is 30.3 Å². The van der Waals surface area contributed by atoms with Gasteiger partial charge in [-0.2, -0.15) is 0 Å².